The maximum absolute atomic E-state index is 14.5. The number of carbonyl (C=O) groups is 4. The van der Waals surface area contributed by atoms with Crippen LogP contribution < -0.4 is 10.6 Å². The first-order chi connectivity index (χ1) is 19.2. The van der Waals surface area contributed by atoms with E-state index in [0.717, 1.165) is 11.1 Å². The zero-order valence-electron chi connectivity index (χ0n) is 24.8. The highest BCUT2D eigenvalue weighted by Crippen LogP contribution is 2.41. The van der Waals surface area contributed by atoms with Gasteiger partial charge in [0.15, 0.2) is 0 Å². The van der Waals surface area contributed by atoms with Gasteiger partial charge < -0.3 is 30.1 Å². The number of hydrogen-bond donors (Lipinski definition) is 3. The highest BCUT2D eigenvalue weighted by atomic mass is 16.6. The Labute approximate surface area is 241 Å². The van der Waals surface area contributed by atoms with Crippen molar-refractivity contribution in [3.05, 3.63) is 64.7 Å². The topological polar surface area (TPSA) is 134 Å². The van der Waals surface area contributed by atoms with Crippen LogP contribution in [-0.2, 0) is 30.3 Å². The summed E-state index contributed by atoms with van der Waals surface area (Å²) in [5, 5.41) is 15.1. The summed E-state index contributed by atoms with van der Waals surface area (Å²) in [4.78, 5) is 54.5. The molecule has 0 spiro atoms. The van der Waals surface area contributed by atoms with E-state index in [-0.39, 0.29) is 30.7 Å². The van der Waals surface area contributed by atoms with Crippen molar-refractivity contribution in [1.82, 2.24) is 15.5 Å². The number of hydrogen-bond acceptors (Lipinski definition) is 7. The van der Waals surface area contributed by atoms with E-state index in [1.54, 1.807) is 32.9 Å². The van der Waals surface area contributed by atoms with E-state index in [1.807, 2.05) is 39.0 Å². The molecule has 3 rings (SSSR count). The zero-order valence-corrected chi connectivity index (χ0v) is 24.8. The van der Waals surface area contributed by atoms with Crippen LogP contribution in [0.4, 0.5) is 4.79 Å². The van der Waals surface area contributed by atoms with Crippen molar-refractivity contribution < 1.29 is 33.8 Å². The minimum atomic E-state index is -1.08. The molecule has 1 fully saturated rings. The number of nitrogens with one attached hydrogen (secondary N) is 2. The predicted octanol–water partition coefficient (Wildman–Crippen LogP) is 3.71. The van der Waals surface area contributed by atoms with Crippen molar-refractivity contribution in [3.8, 4) is 5.75 Å². The van der Waals surface area contributed by atoms with Gasteiger partial charge in [0.2, 0.25) is 11.8 Å². The molecule has 3 N–H and O–H groups in total. The highest BCUT2D eigenvalue weighted by Gasteiger charge is 2.48. The van der Waals surface area contributed by atoms with Crippen molar-refractivity contribution in [2.75, 3.05) is 13.7 Å². The second kappa shape index (κ2) is 13.1. The number of phenols is 1. The third kappa shape index (κ3) is 8.96. The maximum Gasteiger partial charge on any atom is 0.408 e. The fraction of sp³-hybridized carbons (Fsp3) is 0.484. The van der Waals surface area contributed by atoms with Gasteiger partial charge in [0.1, 0.15) is 30.0 Å². The number of aromatic hydroxyl groups is 1. The van der Waals surface area contributed by atoms with Gasteiger partial charge in [0, 0.05) is 12.5 Å². The molecule has 1 aliphatic carbocycles. The molecule has 0 aromatic heterocycles. The van der Waals surface area contributed by atoms with E-state index >= 15 is 0 Å². The van der Waals surface area contributed by atoms with Gasteiger partial charge in [-0.25, -0.2) is 4.79 Å². The van der Waals surface area contributed by atoms with Crippen molar-refractivity contribution in [2.45, 2.75) is 78.1 Å². The van der Waals surface area contributed by atoms with Crippen LogP contribution in [-0.4, -0.2) is 65.2 Å². The van der Waals surface area contributed by atoms with Crippen LogP contribution in [0.3, 0.4) is 0 Å². The van der Waals surface area contributed by atoms with Crippen LogP contribution in [0.2, 0.25) is 0 Å². The molecule has 0 aliphatic heterocycles. The fourth-order valence-corrected chi connectivity index (χ4v) is 4.80. The normalized spacial score (nSPS) is 17.5. The smallest absolute Gasteiger partial charge is 0.408 e. The molecule has 4 unspecified atom stereocenters. The van der Waals surface area contributed by atoms with E-state index in [2.05, 4.69) is 10.6 Å². The molecule has 1 aliphatic rings. The molecule has 10 nitrogen and oxygen atoms in total. The predicted molar refractivity (Wildman–Crippen MR) is 153 cm³/mol. The Balaban J connectivity index is 2.06. The van der Waals surface area contributed by atoms with Crippen LogP contribution in [0.15, 0.2) is 42.5 Å². The van der Waals surface area contributed by atoms with Gasteiger partial charge in [-0.2, -0.15) is 0 Å². The van der Waals surface area contributed by atoms with Crippen LogP contribution in [0, 0.1) is 19.8 Å². The minimum Gasteiger partial charge on any atom is -0.508 e. The molecule has 4 atom stereocenters. The minimum absolute atomic E-state index is 0.0716. The molecule has 0 heterocycles. The van der Waals surface area contributed by atoms with Gasteiger partial charge >= 0.3 is 12.1 Å². The van der Waals surface area contributed by atoms with Gasteiger partial charge in [-0.3, -0.25) is 14.4 Å². The molecule has 10 heteroatoms. The third-order valence-corrected chi connectivity index (χ3v) is 6.76. The second-order valence-corrected chi connectivity index (χ2v) is 11.7. The highest BCUT2D eigenvalue weighted by molar-refractivity contribution is 5.94. The molecule has 3 amide bonds. The van der Waals surface area contributed by atoms with E-state index in [0.29, 0.717) is 17.5 Å². The van der Waals surface area contributed by atoms with Crippen molar-refractivity contribution in [1.29, 1.82) is 0 Å². The number of esters is 1. The number of amides is 3. The average Bonchev–Trinajstić information content (AvgIpc) is 3.59. The summed E-state index contributed by atoms with van der Waals surface area (Å²) in [7, 11) is 1.23. The first kappa shape index (κ1) is 31.4. The molecule has 0 radical (unpaired) electrons. The van der Waals surface area contributed by atoms with Gasteiger partial charge in [0.05, 0.1) is 7.11 Å². The third-order valence-electron chi connectivity index (χ3n) is 6.76. The molecule has 222 valence electrons. The van der Waals surface area contributed by atoms with Crippen LogP contribution >= 0.6 is 0 Å². The van der Waals surface area contributed by atoms with Crippen molar-refractivity contribution in [2.24, 2.45) is 5.92 Å². The lowest BCUT2D eigenvalue weighted by atomic mass is 9.97. The molecular weight excluding hydrogens is 526 g/mol. The summed E-state index contributed by atoms with van der Waals surface area (Å²) in [5.74, 6) is -1.42. The van der Waals surface area contributed by atoms with Crippen LogP contribution in [0.5, 0.6) is 5.75 Å². The van der Waals surface area contributed by atoms with Gasteiger partial charge in [-0.15, -0.1) is 0 Å². The maximum atomic E-state index is 14.5. The largest absolute Gasteiger partial charge is 0.508 e. The van der Waals surface area contributed by atoms with Gasteiger partial charge in [-0.1, -0.05) is 48.4 Å². The Morgan fingerprint density at radius 3 is 2.15 bits per heavy atom. The SMILES string of the molecule is COC(=O)CNC(=O)C(c1cc(C)cc(C)c1)N(C(=O)C(Cc1ccc(O)cc1)NC(=O)OC(C)(C)C)C1CC1C. The fourth-order valence-electron chi connectivity index (χ4n) is 4.80. The lowest BCUT2D eigenvalue weighted by molar-refractivity contribution is -0.145. The molecule has 2 aromatic carbocycles. The van der Waals surface area contributed by atoms with Crippen LogP contribution in [0.25, 0.3) is 0 Å². The number of carbonyl (C=O) groups excluding carboxylic acids is 4. The average molecular weight is 568 g/mol. The number of phenolic OH excluding ortho intramolecular Hbond substituents is 1. The Kier molecular flexibility index (Phi) is 10.0. The molecule has 0 saturated heterocycles. The van der Waals surface area contributed by atoms with E-state index in [9.17, 15) is 24.3 Å². The standard InChI is InChI=1S/C31H41N3O7/c1-18-12-19(2)14-22(13-18)27(28(37)32-17-26(36)40-7)34(25-15-20(25)3)29(38)24(33-30(39)41-31(4,5)6)16-21-8-10-23(35)11-9-21/h8-14,20,24-25,27,35H,15-17H2,1-7H3,(H,32,37)(H,33,39). The summed E-state index contributed by atoms with van der Waals surface area (Å²) in [6.07, 6.45) is 0.00569. The Morgan fingerprint density at radius 1 is 1.05 bits per heavy atom. The molecule has 41 heavy (non-hydrogen) atoms. The number of ether oxygens (including phenoxy) is 2. The van der Waals surface area contributed by atoms with Gasteiger partial charge in [-0.05, 0) is 70.2 Å². The molecular formula is C31H41N3O7. The number of benzene rings is 2. The summed E-state index contributed by atoms with van der Waals surface area (Å²) >= 11 is 0. The second-order valence-electron chi connectivity index (χ2n) is 11.7. The first-order valence-corrected chi connectivity index (χ1v) is 13.7. The Hall–Kier alpha value is -4.08. The first-order valence-electron chi connectivity index (χ1n) is 13.7. The lowest BCUT2D eigenvalue weighted by Gasteiger charge is -2.35. The number of methoxy groups -OCH3 is 1. The summed E-state index contributed by atoms with van der Waals surface area (Å²) in [6.45, 7) is 10.6. The van der Waals surface area contributed by atoms with Crippen molar-refractivity contribution in [3.63, 3.8) is 0 Å². The van der Waals surface area contributed by atoms with Gasteiger partial charge in [0.25, 0.3) is 0 Å². The number of alkyl carbamates (subject to hydrolysis) is 1. The number of nitrogens with zero attached hydrogens (tertiary/aromatic N) is 1. The van der Waals surface area contributed by atoms with E-state index in [4.69, 9.17) is 9.47 Å². The van der Waals surface area contributed by atoms with E-state index < -0.39 is 41.6 Å². The van der Waals surface area contributed by atoms with Crippen molar-refractivity contribution >= 4 is 23.9 Å². The molecule has 2 aromatic rings. The number of aryl methyl sites for hydroxylation is 2. The zero-order chi connectivity index (χ0) is 30.5. The Morgan fingerprint density at radius 2 is 1.63 bits per heavy atom. The Bertz CT molecular complexity index is 1250. The monoisotopic (exact) mass is 567 g/mol. The number of rotatable bonds is 10. The quantitative estimate of drug-likeness (QED) is 0.373. The lowest BCUT2D eigenvalue weighted by Crippen LogP contribution is -2.55. The molecule has 1 saturated carbocycles. The summed E-state index contributed by atoms with van der Waals surface area (Å²) < 4.78 is 10.2. The summed E-state index contributed by atoms with van der Waals surface area (Å²) in [5.41, 5.74) is 2.32. The summed E-state index contributed by atoms with van der Waals surface area (Å²) in [6, 6.07) is 9.59. The van der Waals surface area contributed by atoms with E-state index in [1.165, 1.54) is 24.1 Å². The molecule has 0 bridgehead atoms. The van der Waals surface area contributed by atoms with Crippen LogP contribution in [0.1, 0.15) is 62.4 Å².